The van der Waals surface area contributed by atoms with Gasteiger partial charge in [-0.05, 0) is 48.9 Å². The number of carbonyl (C=O) groups excluding carboxylic acids is 1. The summed E-state index contributed by atoms with van der Waals surface area (Å²) in [4.78, 5) is 17.3. The maximum Gasteiger partial charge on any atom is 0.262 e. The molecule has 0 radical (unpaired) electrons. The number of allylic oxidation sites excluding steroid dienone is 1. The number of hydrogen-bond donors (Lipinski definition) is 1. The fourth-order valence-corrected chi connectivity index (χ4v) is 3.82. The van der Waals surface area contributed by atoms with Gasteiger partial charge in [0.25, 0.3) is 5.91 Å². The summed E-state index contributed by atoms with van der Waals surface area (Å²) in [7, 11) is 1.58. The van der Waals surface area contributed by atoms with Crippen molar-refractivity contribution in [1.82, 2.24) is 4.90 Å². The fraction of sp³-hybridized carbons (Fsp3) is 0.375. The van der Waals surface area contributed by atoms with Crippen molar-refractivity contribution in [3.8, 4) is 11.5 Å². The number of benzene rings is 2. The van der Waals surface area contributed by atoms with E-state index in [9.17, 15) is 4.79 Å². The van der Waals surface area contributed by atoms with Gasteiger partial charge in [-0.1, -0.05) is 30.7 Å². The van der Waals surface area contributed by atoms with E-state index in [-0.39, 0.29) is 12.5 Å². The van der Waals surface area contributed by atoms with Gasteiger partial charge in [-0.25, -0.2) is 0 Å². The second-order valence-electron chi connectivity index (χ2n) is 7.40. The summed E-state index contributed by atoms with van der Waals surface area (Å²) in [5.41, 5.74) is 2.73. The van der Waals surface area contributed by atoms with Crippen LogP contribution >= 0.6 is 11.6 Å². The predicted molar refractivity (Wildman–Crippen MR) is 127 cm³/mol. The molecule has 0 atom stereocenters. The molecule has 1 N–H and O–H groups in total. The highest BCUT2D eigenvalue weighted by Gasteiger charge is 2.19. The Bertz CT molecular complexity index is 911. The van der Waals surface area contributed by atoms with Gasteiger partial charge >= 0.3 is 0 Å². The molecule has 1 aliphatic heterocycles. The Morgan fingerprint density at radius 3 is 2.61 bits per heavy atom. The molecule has 0 saturated carbocycles. The second-order valence-corrected chi connectivity index (χ2v) is 7.83. The number of piperazine rings is 1. The first-order valence-electron chi connectivity index (χ1n) is 10.5. The number of amides is 1. The highest BCUT2D eigenvalue weighted by Crippen LogP contribution is 2.31. The third kappa shape index (κ3) is 6.15. The maximum absolute atomic E-state index is 12.6. The average molecular weight is 444 g/mol. The smallest absolute Gasteiger partial charge is 0.262 e. The molecule has 0 bridgehead atoms. The van der Waals surface area contributed by atoms with Crippen LogP contribution in [0.2, 0.25) is 5.02 Å². The molecule has 2 aromatic carbocycles. The fourth-order valence-electron chi connectivity index (χ4n) is 3.64. The number of ether oxygens (including phenoxy) is 2. The average Bonchev–Trinajstić information content (AvgIpc) is 2.78. The Hall–Kier alpha value is -2.70. The van der Waals surface area contributed by atoms with Crippen molar-refractivity contribution in [3.05, 3.63) is 59.6 Å². The van der Waals surface area contributed by atoms with Gasteiger partial charge in [0.2, 0.25) is 0 Å². The summed E-state index contributed by atoms with van der Waals surface area (Å²) in [6.45, 7) is 10.6. The van der Waals surface area contributed by atoms with Gasteiger partial charge in [0, 0.05) is 31.2 Å². The monoisotopic (exact) mass is 443 g/mol. The molecular weight excluding hydrogens is 414 g/mol. The topological polar surface area (TPSA) is 54.0 Å². The number of hydrogen-bond acceptors (Lipinski definition) is 5. The first kappa shape index (κ1) is 23.0. The summed E-state index contributed by atoms with van der Waals surface area (Å²) in [5, 5.41) is 3.53. The van der Waals surface area contributed by atoms with E-state index in [4.69, 9.17) is 21.1 Å². The molecule has 3 rings (SSSR count). The Kier molecular flexibility index (Phi) is 8.20. The lowest BCUT2D eigenvalue weighted by Crippen LogP contribution is -2.46. The summed E-state index contributed by atoms with van der Waals surface area (Å²) in [6.07, 6.45) is 2.56. The van der Waals surface area contributed by atoms with Crippen LogP contribution in [0.5, 0.6) is 11.5 Å². The number of anilines is 2. The zero-order valence-electron chi connectivity index (χ0n) is 18.2. The second kappa shape index (κ2) is 11.1. The molecule has 1 fully saturated rings. The van der Waals surface area contributed by atoms with Crippen LogP contribution < -0.4 is 19.7 Å². The first-order chi connectivity index (χ1) is 15.0. The predicted octanol–water partition coefficient (Wildman–Crippen LogP) is 4.24. The van der Waals surface area contributed by atoms with Gasteiger partial charge in [0.1, 0.15) is 0 Å². The highest BCUT2D eigenvalue weighted by atomic mass is 35.5. The Balaban J connectivity index is 1.65. The molecule has 2 aromatic rings. The molecule has 166 valence electrons. The number of carbonyl (C=O) groups is 1. The number of halogens is 1. The molecule has 7 heteroatoms. The number of nitrogens with one attached hydrogen (secondary N) is 1. The summed E-state index contributed by atoms with van der Waals surface area (Å²) in [6, 6.07) is 11.2. The van der Waals surface area contributed by atoms with Crippen LogP contribution in [0.4, 0.5) is 11.4 Å². The van der Waals surface area contributed by atoms with Gasteiger partial charge in [0.15, 0.2) is 18.1 Å². The van der Waals surface area contributed by atoms with Gasteiger partial charge in [-0.15, -0.1) is 6.58 Å². The zero-order valence-corrected chi connectivity index (χ0v) is 19.0. The van der Waals surface area contributed by atoms with Crippen LogP contribution in [0.15, 0.2) is 49.1 Å². The minimum absolute atomic E-state index is 0.132. The van der Waals surface area contributed by atoms with E-state index in [1.165, 1.54) is 0 Å². The molecule has 0 aliphatic carbocycles. The lowest BCUT2D eigenvalue weighted by Gasteiger charge is -2.36. The van der Waals surface area contributed by atoms with Crippen molar-refractivity contribution in [2.45, 2.75) is 13.3 Å². The minimum Gasteiger partial charge on any atom is -0.493 e. The van der Waals surface area contributed by atoms with E-state index in [0.717, 1.165) is 50.4 Å². The molecule has 6 nitrogen and oxygen atoms in total. The van der Waals surface area contributed by atoms with Crippen molar-refractivity contribution < 1.29 is 14.3 Å². The third-order valence-corrected chi connectivity index (χ3v) is 5.59. The molecule has 1 heterocycles. The van der Waals surface area contributed by atoms with Crippen molar-refractivity contribution in [1.29, 1.82) is 0 Å². The van der Waals surface area contributed by atoms with Crippen LogP contribution in [0.1, 0.15) is 12.5 Å². The number of likely N-dealkylation sites (N-methyl/N-ethyl adjacent to an activating group) is 1. The van der Waals surface area contributed by atoms with Gasteiger partial charge in [-0.3, -0.25) is 4.79 Å². The summed E-state index contributed by atoms with van der Waals surface area (Å²) in [5.74, 6) is 0.852. The van der Waals surface area contributed by atoms with Gasteiger partial charge in [-0.2, -0.15) is 0 Å². The third-order valence-electron chi connectivity index (χ3n) is 5.36. The van der Waals surface area contributed by atoms with E-state index < -0.39 is 0 Å². The molecule has 0 unspecified atom stereocenters. The summed E-state index contributed by atoms with van der Waals surface area (Å²) >= 11 is 6.20. The number of methoxy groups -OCH3 is 1. The maximum atomic E-state index is 12.6. The van der Waals surface area contributed by atoms with Crippen LogP contribution in [0.25, 0.3) is 0 Å². The Labute approximate surface area is 189 Å². The van der Waals surface area contributed by atoms with Crippen LogP contribution in [-0.2, 0) is 11.2 Å². The van der Waals surface area contributed by atoms with Crippen molar-refractivity contribution in [2.75, 3.05) is 56.7 Å². The standard InChI is InChI=1S/C24H30ClN3O3/c1-4-6-18-7-10-22(23(15-18)30-3)31-17-24(29)26-20-16-19(25)8-9-21(20)28-13-11-27(5-2)12-14-28/h4,7-10,15-16H,1,5-6,11-14,17H2,2-3H3,(H,26,29). The Morgan fingerprint density at radius 1 is 1.16 bits per heavy atom. The molecule has 1 amide bonds. The SMILES string of the molecule is C=CCc1ccc(OCC(=O)Nc2cc(Cl)ccc2N2CCN(CC)CC2)c(OC)c1. The minimum atomic E-state index is -0.257. The van der Waals surface area contributed by atoms with Crippen molar-refractivity contribution in [3.63, 3.8) is 0 Å². The zero-order chi connectivity index (χ0) is 22.2. The van der Waals surface area contributed by atoms with Crippen LogP contribution in [-0.4, -0.2) is 57.2 Å². The van der Waals surface area contributed by atoms with Crippen LogP contribution in [0, 0.1) is 0 Å². The highest BCUT2D eigenvalue weighted by molar-refractivity contribution is 6.31. The lowest BCUT2D eigenvalue weighted by atomic mass is 10.1. The van der Waals surface area contributed by atoms with E-state index in [2.05, 4.69) is 28.6 Å². The largest absolute Gasteiger partial charge is 0.493 e. The molecular formula is C24H30ClN3O3. The number of rotatable bonds is 9. The van der Waals surface area contributed by atoms with E-state index in [1.807, 2.05) is 36.4 Å². The van der Waals surface area contributed by atoms with E-state index in [1.54, 1.807) is 13.2 Å². The van der Waals surface area contributed by atoms with Crippen LogP contribution in [0.3, 0.4) is 0 Å². The molecule has 31 heavy (non-hydrogen) atoms. The Morgan fingerprint density at radius 2 is 1.94 bits per heavy atom. The van der Waals surface area contributed by atoms with Gasteiger partial charge in [0.05, 0.1) is 18.5 Å². The normalized spacial score (nSPS) is 14.2. The molecule has 1 saturated heterocycles. The van der Waals surface area contributed by atoms with Crippen molar-refractivity contribution in [2.24, 2.45) is 0 Å². The van der Waals surface area contributed by atoms with E-state index in [0.29, 0.717) is 22.2 Å². The molecule has 0 spiro atoms. The quantitative estimate of drug-likeness (QED) is 0.587. The summed E-state index contributed by atoms with van der Waals surface area (Å²) < 4.78 is 11.1. The lowest BCUT2D eigenvalue weighted by molar-refractivity contribution is -0.118. The molecule has 0 aromatic heterocycles. The molecule has 1 aliphatic rings. The first-order valence-corrected chi connectivity index (χ1v) is 10.9. The van der Waals surface area contributed by atoms with Crippen molar-refractivity contribution >= 4 is 28.9 Å². The number of nitrogens with zero attached hydrogens (tertiary/aromatic N) is 2. The van der Waals surface area contributed by atoms with Gasteiger partial charge < -0.3 is 24.6 Å². The van der Waals surface area contributed by atoms with E-state index >= 15 is 0 Å².